The first-order valence-electron chi connectivity index (χ1n) is 5.27. The van der Waals surface area contributed by atoms with E-state index in [2.05, 4.69) is 18.9 Å². The predicted octanol–water partition coefficient (Wildman–Crippen LogP) is 0.569. The minimum atomic E-state index is -0.146. The molecule has 3 nitrogen and oxygen atoms in total. The molecule has 0 aromatic heterocycles. The van der Waals surface area contributed by atoms with E-state index in [4.69, 9.17) is 5.73 Å². The Kier molecular flexibility index (Phi) is 4.16. The number of likely N-dealkylation sites (N-methyl/N-ethyl adjacent to an activating group) is 1. The second kappa shape index (κ2) is 4.94. The Morgan fingerprint density at radius 2 is 2.08 bits per heavy atom. The van der Waals surface area contributed by atoms with Crippen molar-refractivity contribution < 1.29 is 5.11 Å². The van der Waals surface area contributed by atoms with Crippen molar-refractivity contribution in [2.75, 3.05) is 13.6 Å². The molecule has 78 valence electrons. The maximum absolute atomic E-state index is 9.80. The van der Waals surface area contributed by atoms with Crippen LogP contribution in [0.3, 0.4) is 0 Å². The summed E-state index contributed by atoms with van der Waals surface area (Å²) < 4.78 is 0. The van der Waals surface area contributed by atoms with Crippen LogP contribution in [0, 0.1) is 0 Å². The summed E-state index contributed by atoms with van der Waals surface area (Å²) in [6.45, 7) is 2.78. The summed E-state index contributed by atoms with van der Waals surface area (Å²) in [5, 5.41) is 9.80. The predicted molar refractivity (Wildman–Crippen MR) is 54.5 cm³/mol. The zero-order chi connectivity index (χ0) is 9.84. The summed E-state index contributed by atoms with van der Waals surface area (Å²) in [5.41, 5.74) is 5.60. The molecule has 0 aliphatic heterocycles. The number of hydrogen-bond donors (Lipinski definition) is 2. The van der Waals surface area contributed by atoms with E-state index in [0.29, 0.717) is 18.6 Å². The molecule has 13 heavy (non-hydrogen) atoms. The molecule has 3 unspecified atom stereocenters. The highest BCUT2D eigenvalue weighted by molar-refractivity contribution is 4.83. The van der Waals surface area contributed by atoms with Crippen LogP contribution in [0.4, 0.5) is 0 Å². The van der Waals surface area contributed by atoms with Gasteiger partial charge in [0.1, 0.15) is 0 Å². The molecule has 1 aliphatic carbocycles. The molecule has 3 heteroatoms. The Hall–Kier alpha value is -0.120. The topological polar surface area (TPSA) is 49.5 Å². The van der Waals surface area contributed by atoms with Gasteiger partial charge in [-0.2, -0.15) is 0 Å². The lowest BCUT2D eigenvalue weighted by atomic mass is 9.91. The minimum absolute atomic E-state index is 0.146. The lowest BCUT2D eigenvalue weighted by Crippen LogP contribution is -2.49. The van der Waals surface area contributed by atoms with Crippen molar-refractivity contribution in [3.63, 3.8) is 0 Å². The van der Waals surface area contributed by atoms with Crippen LogP contribution < -0.4 is 5.73 Å². The van der Waals surface area contributed by atoms with Crippen molar-refractivity contribution in [2.45, 2.75) is 50.8 Å². The second-order valence-electron chi connectivity index (χ2n) is 4.17. The van der Waals surface area contributed by atoms with Gasteiger partial charge in [0, 0.05) is 18.6 Å². The van der Waals surface area contributed by atoms with Crippen molar-refractivity contribution in [2.24, 2.45) is 5.73 Å². The van der Waals surface area contributed by atoms with Crippen LogP contribution in [0.15, 0.2) is 0 Å². The molecule has 3 atom stereocenters. The van der Waals surface area contributed by atoms with Gasteiger partial charge in [0.15, 0.2) is 0 Å². The molecule has 1 saturated carbocycles. The molecule has 0 aromatic rings. The average molecular weight is 186 g/mol. The summed E-state index contributed by atoms with van der Waals surface area (Å²) in [4.78, 5) is 2.23. The number of hydrogen-bond acceptors (Lipinski definition) is 3. The van der Waals surface area contributed by atoms with Crippen LogP contribution in [0.2, 0.25) is 0 Å². The fourth-order valence-electron chi connectivity index (χ4n) is 2.06. The Morgan fingerprint density at radius 1 is 1.46 bits per heavy atom. The zero-order valence-corrected chi connectivity index (χ0v) is 8.74. The third-order valence-electron chi connectivity index (χ3n) is 3.25. The highest BCUT2D eigenvalue weighted by Crippen LogP contribution is 2.23. The SMILES string of the molecule is CC(CN)N(C)C1CCCCC1O. The third kappa shape index (κ3) is 2.66. The fraction of sp³-hybridized carbons (Fsp3) is 1.00. The van der Waals surface area contributed by atoms with Crippen molar-refractivity contribution in [1.82, 2.24) is 4.90 Å². The maximum Gasteiger partial charge on any atom is 0.0695 e. The van der Waals surface area contributed by atoms with E-state index in [-0.39, 0.29) is 6.10 Å². The van der Waals surface area contributed by atoms with E-state index >= 15 is 0 Å². The lowest BCUT2D eigenvalue weighted by molar-refractivity contribution is 0.0175. The van der Waals surface area contributed by atoms with Crippen molar-refractivity contribution in [3.8, 4) is 0 Å². The van der Waals surface area contributed by atoms with Gasteiger partial charge in [0.05, 0.1) is 6.10 Å². The third-order valence-corrected chi connectivity index (χ3v) is 3.25. The minimum Gasteiger partial charge on any atom is -0.391 e. The van der Waals surface area contributed by atoms with E-state index in [1.54, 1.807) is 0 Å². The number of nitrogens with zero attached hydrogens (tertiary/aromatic N) is 1. The Bertz CT molecular complexity index is 152. The first-order chi connectivity index (χ1) is 6.16. The molecule has 0 saturated heterocycles. The molecule has 0 bridgehead atoms. The van der Waals surface area contributed by atoms with Crippen LogP contribution in [0.1, 0.15) is 32.6 Å². The van der Waals surface area contributed by atoms with E-state index in [9.17, 15) is 5.11 Å². The quantitative estimate of drug-likeness (QED) is 0.677. The Balaban J connectivity index is 2.47. The average Bonchev–Trinajstić information content (AvgIpc) is 2.16. The van der Waals surface area contributed by atoms with Crippen molar-refractivity contribution in [1.29, 1.82) is 0 Å². The van der Waals surface area contributed by atoms with Gasteiger partial charge in [0.2, 0.25) is 0 Å². The normalized spacial score (nSPS) is 32.1. The largest absolute Gasteiger partial charge is 0.391 e. The van der Waals surface area contributed by atoms with E-state index < -0.39 is 0 Å². The highest BCUT2D eigenvalue weighted by Gasteiger charge is 2.28. The van der Waals surface area contributed by atoms with E-state index in [1.807, 2.05) is 0 Å². The Labute approximate surface area is 80.9 Å². The van der Waals surface area contributed by atoms with Crippen LogP contribution >= 0.6 is 0 Å². The summed E-state index contributed by atoms with van der Waals surface area (Å²) in [5.74, 6) is 0. The molecule has 0 heterocycles. The zero-order valence-electron chi connectivity index (χ0n) is 8.74. The van der Waals surface area contributed by atoms with Gasteiger partial charge < -0.3 is 10.8 Å². The van der Waals surface area contributed by atoms with E-state index in [1.165, 1.54) is 12.8 Å². The first kappa shape index (κ1) is 11.0. The monoisotopic (exact) mass is 186 g/mol. The van der Waals surface area contributed by atoms with Gasteiger partial charge >= 0.3 is 0 Å². The molecular weight excluding hydrogens is 164 g/mol. The molecule has 0 amide bonds. The van der Waals surface area contributed by atoms with Gasteiger partial charge in [-0.05, 0) is 26.8 Å². The summed E-state index contributed by atoms with van der Waals surface area (Å²) in [6, 6.07) is 0.699. The van der Waals surface area contributed by atoms with Crippen LogP contribution in [-0.4, -0.2) is 41.8 Å². The van der Waals surface area contributed by atoms with Gasteiger partial charge in [-0.25, -0.2) is 0 Å². The highest BCUT2D eigenvalue weighted by atomic mass is 16.3. The summed E-state index contributed by atoms with van der Waals surface area (Å²) in [7, 11) is 2.07. The lowest BCUT2D eigenvalue weighted by Gasteiger charge is -2.38. The number of nitrogens with two attached hydrogens (primary N) is 1. The van der Waals surface area contributed by atoms with Crippen LogP contribution in [0.25, 0.3) is 0 Å². The van der Waals surface area contributed by atoms with Crippen LogP contribution in [-0.2, 0) is 0 Å². The van der Waals surface area contributed by atoms with Gasteiger partial charge in [-0.1, -0.05) is 12.8 Å². The summed E-state index contributed by atoms with van der Waals surface area (Å²) in [6.07, 6.45) is 4.33. The molecule has 0 spiro atoms. The van der Waals surface area contributed by atoms with E-state index in [0.717, 1.165) is 12.8 Å². The molecule has 1 fully saturated rings. The standard InChI is InChI=1S/C10H22N2O/c1-8(7-11)12(2)9-5-3-4-6-10(9)13/h8-10,13H,3-7,11H2,1-2H3. The fourth-order valence-corrected chi connectivity index (χ4v) is 2.06. The van der Waals surface area contributed by atoms with Gasteiger partial charge in [-0.15, -0.1) is 0 Å². The molecule has 3 N–H and O–H groups in total. The van der Waals surface area contributed by atoms with Crippen LogP contribution in [0.5, 0.6) is 0 Å². The maximum atomic E-state index is 9.80. The number of aliphatic hydroxyl groups excluding tert-OH is 1. The summed E-state index contributed by atoms with van der Waals surface area (Å²) >= 11 is 0. The number of rotatable bonds is 3. The van der Waals surface area contributed by atoms with Gasteiger partial charge in [-0.3, -0.25) is 4.90 Å². The number of aliphatic hydroxyl groups is 1. The molecular formula is C10H22N2O. The van der Waals surface area contributed by atoms with Crippen molar-refractivity contribution in [3.05, 3.63) is 0 Å². The molecule has 0 radical (unpaired) electrons. The first-order valence-corrected chi connectivity index (χ1v) is 5.27. The molecule has 0 aromatic carbocycles. The molecule has 1 aliphatic rings. The molecule has 1 rings (SSSR count). The van der Waals surface area contributed by atoms with Gasteiger partial charge in [0.25, 0.3) is 0 Å². The second-order valence-corrected chi connectivity index (χ2v) is 4.17. The van der Waals surface area contributed by atoms with Crippen molar-refractivity contribution >= 4 is 0 Å². The smallest absolute Gasteiger partial charge is 0.0695 e. The Morgan fingerprint density at radius 3 is 2.62 bits per heavy atom.